The first-order valence-electron chi connectivity index (χ1n) is 13.4. The third kappa shape index (κ3) is 4.47. The number of carbonyl (C=O) groups excluding carboxylic acids is 2. The molecule has 6 nitrogen and oxygen atoms in total. The molecule has 192 valence electrons. The van der Waals surface area contributed by atoms with Crippen molar-refractivity contribution < 1.29 is 9.59 Å². The third-order valence-electron chi connectivity index (χ3n) is 7.52. The molecule has 38 heavy (non-hydrogen) atoms. The molecule has 1 fully saturated rings. The molecule has 1 aromatic heterocycles. The maximum atomic E-state index is 14.2. The van der Waals surface area contributed by atoms with Crippen LogP contribution in [0.1, 0.15) is 48.2 Å². The van der Waals surface area contributed by atoms with Gasteiger partial charge in [-0.2, -0.15) is 0 Å². The highest BCUT2D eigenvalue weighted by atomic mass is 16.2. The molecule has 0 bridgehead atoms. The maximum Gasteiger partial charge on any atom is 0.322 e. The van der Waals surface area contributed by atoms with Crippen LogP contribution in [0.25, 0.3) is 5.69 Å². The lowest BCUT2D eigenvalue weighted by molar-refractivity contribution is -0.119. The average Bonchev–Trinajstić information content (AvgIpc) is 3.66. The van der Waals surface area contributed by atoms with E-state index in [1.165, 1.54) is 5.56 Å². The van der Waals surface area contributed by atoms with E-state index in [1.807, 2.05) is 65.7 Å². The van der Waals surface area contributed by atoms with Crippen LogP contribution in [0.5, 0.6) is 0 Å². The van der Waals surface area contributed by atoms with E-state index in [9.17, 15) is 9.59 Å². The van der Waals surface area contributed by atoms with Crippen molar-refractivity contribution >= 4 is 23.3 Å². The number of fused-ring (bicyclic) bond motifs is 3. The lowest BCUT2D eigenvalue weighted by atomic mass is 9.97. The van der Waals surface area contributed by atoms with E-state index >= 15 is 0 Å². The molecule has 1 saturated carbocycles. The first-order valence-corrected chi connectivity index (χ1v) is 13.4. The minimum Gasteiger partial charge on any atom is -0.316 e. The van der Waals surface area contributed by atoms with Gasteiger partial charge in [-0.15, -0.1) is 0 Å². The Morgan fingerprint density at radius 2 is 1.68 bits per heavy atom. The van der Waals surface area contributed by atoms with Crippen molar-refractivity contribution in [2.45, 2.75) is 45.2 Å². The van der Waals surface area contributed by atoms with Crippen molar-refractivity contribution in [2.75, 3.05) is 16.8 Å². The fraction of sp³-hybridized carbons (Fsp3) is 0.250. The largest absolute Gasteiger partial charge is 0.322 e. The summed E-state index contributed by atoms with van der Waals surface area (Å²) in [6.45, 7) is 4.17. The summed E-state index contributed by atoms with van der Waals surface area (Å²) in [4.78, 5) is 31.3. The van der Waals surface area contributed by atoms with Gasteiger partial charge in [-0.05, 0) is 73.7 Å². The maximum absolute atomic E-state index is 14.2. The summed E-state index contributed by atoms with van der Waals surface area (Å²) < 4.78 is 2.16. The van der Waals surface area contributed by atoms with Gasteiger partial charge in [0.15, 0.2) is 0 Å². The molecular formula is C32H32N4O2. The van der Waals surface area contributed by atoms with Gasteiger partial charge in [0, 0.05) is 17.9 Å². The highest BCUT2D eigenvalue weighted by Gasteiger charge is 2.40. The van der Waals surface area contributed by atoms with Crippen molar-refractivity contribution in [1.29, 1.82) is 0 Å². The molecule has 2 aliphatic rings. The Morgan fingerprint density at radius 1 is 0.921 bits per heavy atom. The van der Waals surface area contributed by atoms with Gasteiger partial charge < -0.3 is 14.8 Å². The van der Waals surface area contributed by atoms with Gasteiger partial charge in [0.1, 0.15) is 12.6 Å². The van der Waals surface area contributed by atoms with E-state index in [0.29, 0.717) is 0 Å². The number of amides is 3. The smallest absolute Gasteiger partial charge is 0.316 e. The van der Waals surface area contributed by atoms with Crippen molar-refractivity contribution in [1.82, 2.24) is 9.47 Å². The molecule has 1 aliphatic carbocycles. The first-order chi connectivity index (χ1) is 18.5. The molecule has 0 radical (unpaired) electrons. The van der Waals surface area contributed by atoms with E-state index in [1.54, 1.807) is 4.90 Å². The van der Waals surface area contributed by atoms with E-state index < -0.39 is 0 Å². The lowest BCUT2D eigenvalue weighted by Gasteiger charge is -2.39. The molecule has 1 atom stereocenters. The number of aromatic nitrogens is 1. The zero-order valence-corrected chi connectivity index (χ0v) is 21.8. The summed E-state index contributed by atoms with van der Waals surface area (Å²) in [5.41, 5.74) is 6.96. The monoisotopic (exact) mass is 504 g/mol. The van der Waals surface area contributed by atoms with E-state index in [-0.39, 0.29) is 30.6 Å². The van der Waals surface area contributed by atoms with Gasteiger partial charge in [0.25, 0.3) is 0 Å². The number of anilines is 2. The summed E-state index contributed by atoms with van der Waals surface area (Å²) in [6.07, 6.45) is 4.77. The molecule has 1 N–H and O–H groups in total. The summed E-state index contributed by atoms with van der Waals surface area (Å²) in [7, 11) is 0. The SMILES string of the molecule is CCc1cccc(NC(=O)N(CC(=O)N2c3ccccc3-n3cccc3C2c2ccc(C)cc2)C2CC2)c1. The topological polar surface area (TPSA) is 57.6 Å². The molecule has 3 aromatic carbocycles. The van der Waals surface area contributed by atoms with Crippen LogP contribution in [-0.4, -0.2) is 34.0 Å². The summed E-state index contributed by atoms with van der Waals surface area (Å²) in [5, 5.41) is 3.04. The number of para-hydroxylation sites is 2. The predicted octanol–water partition coefficient (Wildman–Crippen LogP) is 6.48. The normalized spacial score (nSPS) is 15.9. The molecule has 1 unspecified atom stereocenters. The van der Waals surface area contributed by atoms with Gasteiger partial charge in [-0.3, -0.25) is 9.69 Å². The number of nitrogens with zero attached hydrogens (tertiary/aromatic N) is 3. The Bertz CT molecular complexity index is 1490. The molecule has 6 heteroatoms. The van der Waals surface area contributed by atoms with E-state index in [0.717, 1.165) is 53.1 Å². The Hall–Kier alpha value is -4.32. The second kappa shape index (κ2) is 9.86. The predicted molar refractivity (Wildman–Crippen MR) is 151 cm³/mol. The van der Waals surface area contributed by atoms with Crippen LogP contribution in [0, 0.1) is 6.92 Å². The van der Waals surface area contributed by atoms with Crippen LogP contribution < -0.4 is 10.2 Å². The van der Waals surface area contributed by atoms with Gasteiger partial charge in [-0.1, -0.05) is 61.0 Å². The molecule has 4 aromatic rings. The van der Waals surface area contributed by atoms with Gasteiger partial charge in [0.05, 0.1) is 17.1 Å². The number of hydrogen-bond acceptors (Lipinski definition) is 2. The van der Waals surface area contributed by atoms with Crippen molar-refractivity contribution in [2.24, 2.45) is 0 Å². The van der Waals surface area contributed by atoms with Crippen LogP contribution >= 0.6 is 0 Å². The van der Waals surface area contributed by atoms with Crippen LogP contribution in [0.2, 0.25) is 0 Å². The number of hydrogen-bond donors (Lipinski definition) is 1. The molecule has 0 spiro atoms. The van der Waals surface area contributed by atoms with Crippen molar-refractivity contribution in [3.8, 4) is 5.69 Å². The molecular weight excluding hydrogens is 472 g/mol. The Kier molecular flexibility index (Phi) is 6.24. The third-order valence-corrected chi connectivity index (χ3v) is 7.52. The fourth-order valence-electron chi connectivity index (χ4n) is 5.37. The van der Waals surface area contributed by atoms with Crippen LogP contribution in [0.15, 0.2) is 91.1 Å². The molecule has 6 rings (SSSR count). The van der Waals surface area contributed by atoms with Gasteiger partial charge in [0.2, 0.25) is 5.91 Å². The van der Waals surface area contributed by atoms with Crippen LogP contribution in [-0.2, 0) is 11.2 Å². The molecule has 3 amide bonds. The Balaban J connectivity index is 1.34. The highest BCUT2D eigenvalue weighted by Crippen LogP contribution is 2.42. The number of carbonyl (C=O) groups is 2. The van der Waals surface area contributed by atoms with Crippen molar-refractivity contribution in [3.05, 3.63) is 114 Å². The average molecular weight is 505 g/mol. The quantitative estimate of drug-likeness (QED) is 0.327. The minimum absolute atomic E-state index is 0.0153. The number of aryl methyl sites for hydroxylation is 2. The first kappa shape index (κ1) is 24.0. The van der Waals surface area contributed by atoms with Crippen LogP contribution in [0.4, 0.5) is 16.2 Å². The number of nitrogens with one attached hydrogen (secondary N) is 1. The highest BCUT2D eigenvalue weighted by molar-refractivity contribution is 6.01. The van der Waals surface area contributed by atoms with Crippen LogP contribution in [0.3, 0.4) is 0 Å². The van der Waals surface area contributed by atoms with Crippen molar-refractivity contribution in [3.63, 3.8) is 0 Å². The Morgan fingerprint density at radius 3 is 2.42 bits per heavy atom. The zero-order chi connectivity index (χ0) is 26.2. The summed E-state index contributed by atoms with van der Waals surface area (Å²) in [5.74, 6) is -0.0974. The second-order valence-electron chi connectivity index (χ2n) is 10.2. The molecule has 1 aliphatic heterocycles. The standard InChI is InChI=1S/C32H32N4O2/c1-3-23-8-6-9-25(20-23)33-32(38)35(26-17-18-26)21-30(37)36-28-11-5-4-10-27(28)34-19-7-12-29(34)31(36)24-15-13-22(2)14-16-24/h4-16,19-20,26,31H,3,17-18,21H2,1-2H3,(H,33,38). The van der Waals surface area contributed by atoms with E-state index in [4.69, 9.17) is 0 Å². The van der Waals surface area contributed by atoms with E-state index in [2.05, 4.69) is 54.1 Å². The minimum atomic E-state index is -0.293. The lowest BCUT2D eigenvalue weighted by Crippen LogP contribution is -2.48. The number of benzene rings is 3. The second-order valence-corrected chi connectivity index (χ2v) is 10.2. The molecule has 0 saturated heterocycles. The van der Waals surface area contributed by atoms with Gasteiger partial charge in [-0.25, -0.2) is 4.79 Å². The Labute approximate surface area is 223 Å². The van der Waals surface area contributed by atoms with Gasteiger partial charge >= 0.3 is 6.03 Å². The number of rotatable bonds is 6. The summed E-state index contributed by atoms with van der Waals surface area (Å²) in [6, 6.07) is 27.9. The fourth-order valence-corrected chi connectivity index (χ4v) is 5.37. The molecule has 2 heterocycles. The zero-order valence-electron chi connectivity index (χ0n) is 21.8. The summed E-state index contributed by atoms with van der Waals surface area (Å²) >= 11 is 0. The number of urea groups is 1.